The van der Waals surface area contributed by atoms with Crippen molar-refractivity contribution < 1.29 is 14.3 Å². The zero-order valence-electron chi connectivity index (χ0n) is 10.0. The lowest BCUT2D eigenvalue weighted by molar-refractivity contribution is -0.142. The molecule has 0 radical (unpaired) electrons. The van der Waals surface area contributed by atoms with E-state index in [4.69, 9.17) is 4.74 Å². The van der Waals surface area contributed by atoms with Gasteiger partial charge in [0.2, 0.25) is 5.91 Å². The smallest absolute Gasteiger partial charge is 0.309 e. The Morgan fingerprint density at radius 3 is 3.21 bits per heavy atom. The number of nitrogens with zero attached hydrogens (tertiary/aromatic N) is 2. The second kappa shape index (κ2) is 4.68. The fourth-order valence-corrected chi connectivity index (χ4v) is 2.05. The summed E-state index contributed by atoms with van der Waals surface area (Å²) < 4.78 is 4.82. The van der Waals surface area contributed by atoms with E-state index in [1.54, 1.807) is 18.5 Å². The molecule has 1 aliphatic rings. The molecule has 1 aliphatic heterocycles. The number of hydrogen-bond acceptors (Lipinski definition) is 5. The van der Waals surface area contributed by atoms with Gasteiger partial charge in [0.1, 0.15) is 5.82 Å². The van der Waals surface area contributed by atoms with E-state index in [0.29, 0.717) is 18.8 Å². The van der Waals surface area contributed by atoms with Gasteiger partial charge in [-0.3, -0.25) is 14.7 Å². The molecule has 2 aromatic rings. The third-order valence-electron chi connectivity index (χ3n) is 3.07. The maximum atomic E-state index is 11.8. The molecule has 3 heterocycles. The van der Waals surface area contributed by atoms with Crippen LogP contribution >= 0.6 is 0 Å². The molecule has 0 aromatic carbocycles. The Morgan fingerprint density at radius 1 is 1.53 bits per heavy atom. The summed E-state index contributed by atoms with van der Waals surface area (Å²) in [6.07, 6.45) is 3.98. The number of ether oxygens (including phenoxy) is 1. The van der Waals surface area contributed by atoms with Crippen LogP contribution in [0, 0.1) is 5.92 Å². The van der Waals surface area contributed by atoms with Crippen LogP contribution < -0.4 is 5.32 Å². The summed E-state index contributed by atoms with van der Waals surface area (Å²) >= 11 is 0. The lowest BCUT2D eigenvalue weighted by Gasteiger charge is -2.06. The number of cyclic esters (lactones) is 1. The SMILES string of the molecule is O=C(C[C@H]1CCOC1=O)Nc1cc2cn[nH]c2cn1. The molecule has 0 bridgehead atoms. The number of H-pyrrole nitrogens is 1. The normalized spacial score (nSPS) is 18.5. The third kappa shape index (κ3) is 2.40. The number of nitrogens with one attached hydrogen (secondary N) is 2. The van der Waals surface area contributed by atoms with Crippen LogP contribution in [-0.4, -0.2) is 33.7 Å². The van der Waals surface area contributed by atoms with Gasteiger partial charge in [-0.1, -0.05) is 0 Å². The summed E-state index contributed by atoms with van der Waals surface area (Å²) in [5, 5.41) is 10.2. The van der Waals surface area contributed by atoms with E-state index in [1.165, 1.54) is 0 Å². The molecule has 1 atom stereocenters. The van der Waals surface area contributed by atoms with E-state index in [2.05, 4.69) is 20.5 Å². The van der Waals surface area contributed by atoms with Crippen LogP contribution in [0.4, 0.5) is 5.82 Å². The van der Waals surface area contributed by atoms with Crippen molar-refractivity contribution in [3.63, 3.8) is 0 Å². The Balaban J connectivity index is 1.66. The molecule has 2 N–H and O–H groups in total. The number of pyridine rings is 1. The molecule has 7 nitrogen and oxygen atoms in total. The molecule has 0 saturated carbocycles. The predicted octanol–water partition coefficient (Wildman–Crippen LogP) is 0.850. The number of anilines is 1. The Hall–Kier alpha value is -2.44. The maximum absolute atomic E-state index is 11.8. The van der Waals surface area contributed by atoms with E-state index >= 15 is 0 Å². The zero-order chi connectivity index (χ0) is 13.2. The number of rotatable bonds is 3. The Kier molecular flexibility index (Phi) is 2.86. The van der Waals surface area contributed by atoms with Crippen LogP contribution in [0.3, 0.4) is 0 Å². The van der Waals surface area contributed by atoms with Crippen LogP contribution in [0.5, 0.6) is 0 Å². The number of carbonyl (C=O) groups is 2. The van der Waals surface area contributed by atoms with Gasteiger partial charge in [0.15, 0.2) is 0 Å². The van der Waals surface area contributed by atoms with E-state index in [0.717, 1.165) is 10.9 Å². The van der Waals surface area contributed by atoms with Crippen molar-refractivity contribution in [2.24, 2.45) is 5.92 Å². The van der Waals surface area contributed by atoms with Crippen LogP contribution in [0.15, 0.2) is 18.5 Å². The van der Waals surface area contributed by atoms with Gasteiger partial charge in [-0.2, -0.15) is 5.10 Å². The first-order valence-electron chi connectivity index (χ1n) is 5.98. The molecule has 3 rings (SSSR count). The van der Waals surface area contributed by atoms with Gasteiger partial charge in [-0.05, 0) is 12.5 Å². The van der Waals surface area contributed by atoms with Crippen LogP contribution in [-0.2, 0) is 14.3 Å². The van der Waals surface area contributed by atoms with Gasteiger partial charge in [-0.25, -0.2) is 4.98 Å². The molecule has 19 heavy (non-hydrogen) atoms. The fraction of sp³-hybridized carbons (Fsp3) is 0.333. The molecule has 1 amide bonds. The third-order valence-corrected chi connectivity index (χ3v) is 3.07. The largest absolute Gasteiger partial charge is 0.465 e. The number of carbonyl (C=O) groups excluding carboxylic acids is 2. The molecular weight excluding hydrogens is 248 g/mol. The molecular formula is C12H12N4O3. The lowest BCUT2D eigenvalue weighted by atomic mass is 10.0. The average molecular weight is 260 g/mol. The Morgan fingerprint density at radius 2 is 2.42 bits per heavy atom. The first-order chi connectivity index (χ1) is 9.22. The number of esters is 1. The minimum Gasteiger partial charge on any atom is -0.465 e. The molecule has 0 aliphatic carbocycles. The van der Waals surface area contributed by atoms with Gasteiger partial charge in [-0.15, -0.1) is 0 Å². The van der Waals surface area contributed by atoms with Crippen molar-refractivity contribution in [1.29, 1.82) is 0 Å². The van der Waals surface area contributed by atoms with Crippen molar-refractivity contribution in [3.05, 3.63) is 18.5 Å². The molecule has 7 heteroatoms. The number of aromatic amines is 1. The van der Waals surface area contributed by atoms with E-state index in [-0.39, 0.29) is 24.2 Å². The van der Waals surface area contributed by atoms with Gasteiger partial charge in [0.25, 0.3) is 0 Å². The van der Waals surface area contributed by atoms with Crippen LogP contribution in [0.2, 0.25) is 0 Å². The van der Waals surface area contributed by atoms with E-state index in [9.17, 15) is 9.59 Å². The topological polar surface area (TPSA) is 97.0 Å². The Bertz CT molecular complexity index is 637. The Labute approximate surface area is 108 Å². The second-order valence-electron chi connectivity index (χ2n) is 4.43. The van der Waals surface area contributed by atoms with Crippen molar-refractivity contribution in [2.45, 2.75) is 12.8 Å². The predicted molar refractivity (Wildman–Crippen MR) is 66.2 cm³/mol. The number of aromatic nitrogens is 3. The van der Waals surface area contributed by atoms with Crippen molar-refractivity contribution in [3.8, 4) is 0 Å². The first-order valence-corrected chi connectivity index (χ1v) is 5.98. The summed E-state index contributed by atoms with van der Waals surface area (Å²) in [6, 6.07) is 1.73. The fourth-order valence-electron chi connectivity index (χ4n) is 2.05. The number of hydrogen-bond donors (Lipinski definition) is 2. The molecule has 1 fully saturated rings. The number of fused-ring (bicyclic) bond motifs is 1. The monoisotopic (exact) mass is 260 g/mol. The highest BCUT2D eigenvalue weighted by Crippen LogP contribution is 2.19. The van der Waals surface area contributed by atoms with Crippen molar-refractivity contribution >= 4 is 28.6 Å². The van der Waals surface area contributed by atoms with Crippen LogP contribution in [0.1, 0.15) is 12.8 Å². The lowest BCUT2D eigenvalue weighted by Crippen LogP contribution is -2.19. The summed E-state index contributed by atoms with van der Waals surface area (Å²) in [5.74, 6) is -0.421. The van der Waals surface area contributed by atoms with Crippen molar-refractivity contribution in [2.75, 3.05) is 11.9 Å². The second-order valence-corrected chi connectivity index (χ2v) is 4.43. The van der Waals surface area contributed by atoms with E-state index < -0.39 is 0 Å². The zero-order valence-corrected chi connectivity index (χ0v) is 10.0. The highest BCUT2D eigenvalue weighted by atomic mass is 16.5. The quantitative estimate of drug-likeness (QED) is 0.797. The highest BCUT2D eigenvalue weighted by Gasteiger charge is 2.28. The molecule has 0 spiro atoms. The molecule has 0 unspecified atom stereocenters. The number of amides is 1. The minimum atomic E-state index is -0.336. The molecule has 98 valence electrons. The van der Waals surface area contributed by atoms with E-state index in [1.807, 2.05) is 0 Å². The summed E-state index contributed by atoms with van der Waals surface area (Å²) in [5.41, 5.74) is 0.803. The highest BCUT2D eigenvalue weighted by molar-refractivity contribution is 5.94. The molecule has 2 aromatic heterocycles. The van der Waals surface area contributed by atoms with Gasteiger partial charge < -0.3 is 10.1 Å². The van der Waals surface area contributed by atoms with Gasteiger partial charge in [0.05, 0.1) is 30.4 Å². The van der Waals surface area contributed by atoms with Gasteiger partial charge >= 0.3 is 5.97 Å². The summed E-state index contributed by atoms with van der Waals surface area (Å²) in [7, 11) is 0. The standard InChI is InChI=1S/C12H12N4O3/c17-11(4-7-1-2-19-12(7)18)15-10-3-8-5-14-16-9(8)6-13-10/h3,5-7H,1-2,4H2,(H,14,16)(H,13,15,17)/t7-/m1/s1. The summed E-state index contributed by atoms with van der Waals surface area (Å²) in [4.78, 5) is 27.2. The minimum absolute atomic E-state index is 0.129. The van der Waals surface area contributed by atoms with Crippen LogP contribution in [0.25, 0.3) is 10.9 Å². The van der Waals surface area contributed by atoms with Crippen molar-refractivity contribution in [1.82, 2.24) is 15.2 Å². The maximum Gasteiger partial charge on any atom is 0.309 e. The van der Waals surface area contributed by atoms with Gasteiger partial charge in [0, 0.05) is 11.8 Å². The molecule has 1 saturated heterocycles. The first kappa shape index (κ1) is 11.6. The average Bonchev–Trinajstić information content (AvgIpc) is 2.98. The summed E-state index contributed by atoms with van der Waals surface area (Å²) in [6.45, 7) is 0.399.